The molecule has 0 N–H and O–H groups in total. The van der Waals surface area contributed by atoms with E-state index in [-0.39, 0.29) is 25.7 Å². The van der Waals surface area contributed by atoms with Crippen LogP contribution in [-0.4, -0.2) is 52.7 Å². The van der Waals surface area contributed by atoms with Crippen molar-refractivity contribution in [2.45, 2.75) is 64.7 Å². The summed E-state index contributed by atoms with van der Waals surface area (Å²) in [4.78, 5) is 34.3. The molecule has 2 aliphatic rings. The maximum Gasteiger partial charge on any atom is 0.334 e. The van der Waals surface area contributed by atoms with Crippen molar-refractivity contribution in [1.82, 2.24) is 9.99 Å². The first-order chi connectivity index (χ1) is 18.4. The van der Waals surface area contributed by atoms with E-state index in [1.165, 1.54) is 5.01 Å². The topological polar surface area (TPSA) is 126 Å². The number of carbonyl (C=O) groups is 2. The normalized spacial score (nSPS) is 18.8. The van der Waals surface area contributed by atoms with Crippen LogP contribution in [0.15, 0.2) is 35.7 Å². The number of fused-ring (bicyclic) bond motifs is 1. The van der Waals surface area contributed by atoms with E-state index in [1.807, 2.05) is 12.1 Å². The highest BCUT2D eigenvalue weighted by atomic mass is 35.5. The Bertz CT molecular complexity index is 1170. The van der Waals surface area contributed by atoms with Gasteiger partial charge in [0.25, 0.3) is 0 Å². The Morgan fingerprint density at radius 2 is 2.08 bits per heavy atom. The van der Waals surface area contributed by atoms with Gasteiger partial charge in [-0.25, -0.2) is 4.79 Å². The first-order valence-corrected chi connectivity index (χ1v) is 13.1. The van der Waals surface area contributed by atoms with E-state index in [1.54, 1.807) is 32.2 Å². The molecule has 0 bridgehead atoms. The standard InChI is InChI=1S/C26H31ClN4O7/c1-3-35-26(33)22-7-6-13-30(22)31(34)29-37-14-5-4-8-23(32)38-24-17(2)28-15-20-21(24)16-36-25(20)18-9-11-19(27)12-10-18/h9-12,15,22,25H,3-8,13-14,16H2,1-2H3/b31-29-/t22-,25-/m0/s1. The van der Waals surface area contributed by atoms with Crippen LogP contribution in [0.2, 0.25) is 5.02 Å². The lowest BCUT2D eigenvalue weighted by Crippen LogP contribution is -2.41. The molecule has 38 heavy (non-hydrogen) atoms. The number of pyridine rings is 1. The van der Waals surface area contributed by atoms with E-state index in [4.69, 9.17) is 30.6 Å². The number of aryl methyl sites for hydroxylation is 1. The molecule has 0 saturated carbocycles. The second-order valence-electron chi connectivity index (χ2n) is 9.02. The predicted octanol–water partition coefficient (Wildman–Crippen LogP) is 4.58. The highest BCUT2D eigenvalue weighted by Gasteiger charge is 2.38. The number of aromatic nitrogens is 1. The molecule has 11 nitrogen and oxygen atoms in total. The molecular weight excluding hydrogens is 516 g/mol. The molecule has 12 heteroatoms. The van der Waals surface area contributed by atoms with E-state index in [0.717, 1.165) is 16.7 Å². The Morgan fingerprint density at radius 3 is 2.84 bits per heavy atom. The second-order valence-corrected chi connectivity index (χ2v) is 9.46. The van der Waals surface area contributed by atoms with Gasteiger partial charge >= 0.3 is 11.9 Å². The minimum atomic E-state index is -0.654. The molecule has 0 radical (unpaired) electrons. The lowest BCUT2D eigenvalue weighted by atomic mass is 10.0. The molecule has 0 unspecified atom stereocenters. The molecule has 1 aromatic heterocycles. The second kappa shape index (κ2) is 12.9. The summed E-state index contributed by atoms with van der Waals surface area (Å²) >= 11 is 6.00. The lowest BCUT2D eigenvalue weighted by Gasteiger charge is -2.18. The van der Waals surface area contributed by atoms with Crippen molar-refractivity contribution in [2.75, 3.05) is 19.8 Å². The summed E-state index contributed by atoms with van der Waals surface area (Å²) < 4.78 is 16.7. The Hall–Kier alpha value is -3.44. The van der Waals surface area contributed by atoms with Gasteiger partial charge in [0, 0.05) is 28.8 Å². The Morgan fingerprint density at radius 1 is 1.29 bits per heavy atom. The number of esters is 2. The van der Waals surface area contributed by atoms with Gasteiger partial charge in [0.05, 0.1) is 30.4 Å². The fourth-order valence-electron chi connectivity index (χ4n) is 4.50. The molecule has 3 heterocycles. The van der Waals surface area contributed by atoms with Gasteiger partial charge in [-0.1, -0.05) is 23.7 Å². The molecule has 2 aliphatic heterocycles. The number of hydrazine groups is 1. The van der Waals surface area contributed by atoms with Crippen molar-refractivity contribution in [2.24, 2.45) is 5.28 Å². The molecule has 2 atom stereocenters. The Balaban J connectivity index is 1.24. The van der Waals surface area contributed by atoms with Gasteiger partial charge in [-0.15, -0.1) is 5.01 Å². The maximum atomic E-state index is 12.5. The molecule has 204 valence electrons. The summed E-state index contributed by atoms with van der Waals surface area (Å²) in [5.41, 5.74) is 3.23. The maximum absolute atomic E-state index is 12.5. The average molecular weight is 547 g/mol. The molecule has 0 amide bonds. The monoisotopic (exact) mass is 546 g/mol. The smallest absolute Gasteiger partial charge is 0.334 e. The van der Waals surface area contributed by atoms with Crippen molar-refractivity contribution in [3.8, 4) is 5.75 Å². The van der Waals surface area contributed by atoms with Crippen LogP contribution in [0, 0.1) is 12.1 Å². The van der Waals surface area contributed by atoms with Crippen LogP contribution in [0.3, 0.4) is 0 Å². The summed E-state index contributed by atoms with van der Waals surface area (Å²) in [5, 5.41) is 17.7. The molecule has 2 aromatic rings. The number of benzene rings is 1. The summed E-state index contributed by atoms with van der Waals surface area (Å²) in [6.45, 7) is 4.60. The summed E-state index contributed by atoms with van der Waals surface area (Å²) in [6, 6.07) is 6.76. The SMILES string of the molecule is CCOC(=O)[C@@H]1CCCN1/[N+]([O-])=N/OCCCCC(=O)Oc1c(C)ncc2c1CO[C@H]2c1ccc(Cl)cc1. The molecule has 4 rings (SSSR count). The third kappa shape index (κ3) is 6.51. The van der Waals surface area contributed by atoms with Crippen LogP contribution in [0.1, 0.15) is 67.5 Å². The number of ether oxygens (including phenoxy) is 3. The van der Waals surface area contributed by atoms with E-state index in [9.17, 15) is 14.8 Å². The third-order valence-electron chi connectivity index (χ3n) is 6.41. The van der Waals surface area contributed by atoms with E-state index in [2.05, 4.69) is 10.3 Å². The highest BCUT2D eigenvalue weighted by molar-refractivity contribution is 6.30. The van der Waals surface area contributed by atoms with Crippen molar-refractivity contribution in [3.63, 3.8) is 0 Å². The van der Waals surface area contributed by atoms with Gasteiger partial charge in [-0.05, 0) is 57.2 Å². The minimum absolute atomic E-state index is 0.141. The van der Waals surface area contributed by atoms with Gasteiger partial charge < -0.3 is 24.3 Å². The largest absolute Gasteiger partial charge is 0.569 e. The number of nitrogens with zero attached hydrogens (tertiary/aromatic N) is 4. The fraction of sp³-hybridized carbons (Fsp3) is 0.500. The number of rotatable bonds is 11. The summed E-state index contributed by atoms with van der Waals surface area (Å²) in [6.07, 6.45) is 3.80. The van der Waals surface area contributed by atoms with Gasteiger partial charge in [-0.3, -0.25) is 9.78 Å². The molecule has 1 fully saturated rings. The van der Waals surface area contributed by atoms with Crippen LogP contribution in [-0.2, 0) is 30.5 Å². The van der Waals surface area contributed by atoms with Crippen molar-refractivity contribution >= 4 is 23.5 Å². The Labute approximate surface area is 225 Å². The highest BCUT2D eigenvalue weighted by Crippen LogP contribution is 2.41. The van der Waals surface area contributed by atoms with Gasteiger partial charge in [-0.2, -0.15) is 0 Å². The zero-order chi connectivity index (χ0) is 27.1. The first kappa shape index (κ1) is 27.6. The van der Waals surface area contributed by atoms with Crippen LogP contribution >= 0.6 is 11.6 Å². The lowest BCUT2D eigenvalue weighted by molar-refractivity contribution is -0.712. The van der Waals surface area contributed by atoms with Crippen LogP contribution in [0.4, 0.5) is 0 Å². The number of hydrogen-bond acceptors (Lipinski definition) is 9. The van der Waals surface area contributed by atoms with Gasteiger partial charge in [0.2, 0.25) is 5.28 Å². The Kier molecular flexibility index (Phi) is 9.35. The van der Waals surface area contributed by atoms with Crippen LogP contribution in [0.5, 0.6) is 5.75 Å². The third-order valence-corrected chi connectivity index (χ3v) is 6.66. The summed E-state index contributed by atoms with van der Waals surface area (Å²) in [7, 11) is 0. The minimum Gasteiger partial charge on any atom is -0.569 e. The van der Waals surface area contributed by atoms with E-state index in [0.29, 0.717) is 60.3 Å². The van der Waals surface area contributed by atoms with Crippen molar-refractivity contribution < 1.29 is 33.6 Å². The molecular formula is C26H31ClN4O7. The molecule has 0 spiro atoms. The van der Waals surface area contributed by atoms with Gasteiger partial charge in [0.1, 0.15) is 12.7 Å². The van der Waals surface area contributed by atoms with Crippen LogP contribution in [0.25, 0.3) is 0 Å². The first-order valence-electron chi connectivity index (χ1n) is 12.7. The predicted molar refractivity (Wildman–Crippen MR) is 135 cm³/mol. The number of hydrogen-bond donors (Lipinski definition) is 0. The zero-order valence-corrected chi connectivity index (χ0v) is 22.2. The number of carbonyl (C=O) groups excluding carboxylic acids is 2. The van der Waals surface area contributed by atoms with E-state index >= 15 is 0 Å². The quantitative estimate of drug-likeness (QED) is 0.131. The van der Waals surface area contributed by atoms with Crippen LogP contribution < -0.4 is 4.74 Å². The van der Waals surface area contributed by atoms with Gasteiger partial charge in [0.15, 0.2) is 11.8 Å². The van der Waals surface area contributed by atoms with Crippen molar-refractivity contribution in [3.05, 3.63) is 63.1 Å². The van der Waals surface area contributed by atoms with Crippen molar-refractivity contribution in [1.29, 1.82) is 0 Å². The molecule has 0 aliphatic carbocycles. The molecule has 1 aromatic carbocycles. The van der Waals surface area contributed by atoms with E-state index < -0.39 is 18.0 Å². The number of halogens is 1. The number of unbranched alkanes of at least 4 members (excludes halogenated alkanes) is 1. The fourth-order valence-corrected chi connectivity index (χ4v) is 4.63. The average Bonchev–Trinajstić information content (AvgIpc) is 3.56. The zero-order valence-electron chi connectivity index (χ0n) is 21.4. The summed E-state index contributed by atoms with van der Waals surface area (Å²) in [5.74, 6) is -0.407. The molecule has 1 saturated heterocycles.